The Hall–Kier alpha value is -1.12. The number of hydrogen-bond acceptors (Lipinski definition) is 2. The van der Waals surface area contributed by atoms with E-state index in [-0.39, 0.29) is 5.41 Å². The molecule has 0 unspecified atom stereocenters. The van der Waals surface area contributed by atoms with Gasteiger partial charge in [-0.1, -0.05) is 33.6 Å². The summed E-state index contributed by atoms with van der Waals surface area (Å²) in [6, 6.07) is 0. The zero-order valence-corrected chi connectivity index (χ0v) is 9.16. The highest BCUT2D eigenvalue weighted by Gasteiger charge is 2.24. The van der Waals surface area contributed by atoms with Gasteiger partial charge in [0, 0.05) is 17.8 Å². The Labute approximate surface area is 85.2 Å². The Morgan fingerprint density at radius 3 is 2.86 bits per heavy atom. The topological polar surface area (TPSA) is 34.9 Å². The third kappa shape index (κ3) is 2.22. The summed E-state index contributed by atoms with van der Waals surface area (Å²) in [5.74, 6) is 0.862. The van der Waals surface area contributed by atoms with Gasteiger partial charge in [-0.15, -0.1) is 0 Å². The number of carbonyl (C=O) groups excluding carboxylic acids is 1. The Kier molecular flexibility index (Phi) is 3.44. The van der Waals surface area contributed by atoms with Crippen LogP contribution in [-0.4, -0.2) is 16.0 Å². The number of unbranched alkanes of at least 4 members (excludes halogenated alkanes) is 1. The van der Waals surface area contributed by atoms with Crippen LogP contribution in [0.4, 0.5) is 0 Å². The van der Waals surface area contributed by atoms with Crippen molar-refractivity contribution in [3.8, 4) is 0 Å². The van der Waals surface area contributed by atoms with E-state index in [1.54, 1.807) is 17.0 Å². The van der Waals surface area contributed by atoms with Crippen LogP contribution < -0.4 is 0 Å². The number of aromatic nitrogens is 2. The second kappa shape index (κ2) is 4.40. The first-order chi connectivity index (χ1) is 6.61. The fourth-order valence-corrected chi connectivity index (χ4v) is 1.65. The monoisotopic (exact) mass is 194 g/mol. The van der Waals surface area contributed by atoms with Gasteiger partial charge in [-0.2, -0.15) is 0 Å². The van der Waals surface area contributed by atoms with Gasteiger partial charge in [0.15, 0.2) is 0 Å². The number of carbonyl (C=O) groups is 1. The van der Waals surface area contributed by atoms with E-state index in [0.717, 1.165) is 18.7 Å². The van der Waals surface area contributed by atoms with Crippen LogP contribution in [0.2, 0.25) is 0 Å². The van der Waals surface area contributed by atoms with E-state index in [1.165, 1.54) is 12.8 Å². The lowest BCUT2D eigenvalue weighted by molar-refractivity contribution is 0.425. The number of imidazole rings is 1. The second-order valence-corrected chi connectivity index (χ2v) is 4.25. The Morgan fingerprint density at radius 2 is 2.29 bits per heavy atom. The summed E-state index contributed by atoms with van der Waals surface area (Å²) in [5.41, 5.74) is -0.0135. The van der Waals surface area contributed by atoms with Crippen LogP contribution in [0.3, 0.4) is 0 Å². The first kappa shape index (κ1) is 11.0. The molecule has 1 aromatic heterocycles. The van der Waals surface area contributed by atoms with Crippen molar-refractivity contribution in [1.29, 1.82) is 0 Å². The highest BCUT2D eigenvalue weighted by Crippen LogP contribution is 2.26. The third-order valence-corrected chi connectivity index (χ3v) is 2.54. The van der Waals surface area contributed by atoms with E-state index < -0.39 is 0 Å². The molecule has 78 valence electrons. The summed E-state index contributed by atoms with van der Waals surface area (Å²) in [6.45, 7) is 6.43. The zero-order valence-electron chi connectivity index (χ0n) is 9.16. The minimum atomic E-state index is -0.0135. The molecule has 0 saturated carbocycles. The molecule has 0 saturated heterocycles. The van der Waals surface area contributed by atoms with Crippen molar-refractivity contribution in [2.45, 2.75) is 45.4 Å². The van der Waals surface area contributed by atoms with E-state index >= 15 is 0 Å². The maximum atomic E-state index is 10.7. The fraction of sp³-hybridized carbons (Fsp3) is 0.636. The van der Waals surface area contributed by atoms with Crippen molar-refractivity contribution in [3.63, 3.8) is 0 Å². The zero-order chi connectivity index (χ0) is 10.6. The Bertz CT molecular complexity index is 302. The molecule has 0 fully saturated rings. The number of nitrogens with zero attached hydrogens (tertiary/aromatic N) is 2. The summed E-state index contributed by atoms with van der Waals surface area (Å²) in [7, 11) is 0. The molecule has 3 nitrogen and oxygen atoms in total. The number of rotatable bonds is 5. The fourth-order valence-electron chi connectivity index (χ4n) is 1.65. The smallest absolute Gasteiger partial charge is 0.219 e. The van der Waals surface area contributed by atoms with Gasteiger partial charge >= 0.3 is 0 Å². The average molecular weight is 194 g/mol. The van der Waals surface area contributed by atoms with Crippen LogP contribution in [0.15, 0.2) is 12.4 Å². The van der Waals surface area contributed by atoms with Gasteiger partial charge in [0.2, 0.25) is 6.41 Å². The molecule has 1 rings (SSSR count). The summed E-state index contributed by atoms with van der Waals surface area (Å²) in [4.78, 5) is 15.0. The van der Waals surface area contributed by atoms with Crippen molar-refractivity contribution < 1.29 is 4.79 Å². The minimum Gasteiger partial charge on any atom is -0.278 e. The molecule has 1 aromatic rings. The van der Waals surface area contributed by atoms with Crippen LogP contribution >= 0.6 is 0 Å². The maximum absolute atomic E-state index is 10.7. The highest BCUT2D eigenvalue weighted by atomic mass is 16.1. The first-order valence-electron chi connectivity index (χ1n) is 5.10. The molecule has 0 spiro atoms. The first-order valence-corrected chi connectivity index (χ1v) is 5.10. The normalized spacial score (nSPS) is 11.6. The van der Waals surface area contributed by atoms with Crippen LogP contribution in [0.1, 0.15) is 45.9 Å². The van der Waals surface area contributed by atoms with E-state index in [4.69, 9.17) is 0 Å². The van der Waals surface area contributed by atoms with Crippen LogP contribution in [-0.2, 0) is 10.2 Å². The van der Waals surface area contributed by atoms with Crippen LogP contribution in [0.5, 0.6) is 0 Å². The predicted octanol–water partition coefficient (Wildman–Crippen LogP) is 2.39. The van der Waals surface area contributed by atoms with Gasteiger partial charge in [-0.3, -0.25) is 9.36 Å². The largest absolute Gasteiger partial charge is 0.278 e. The van der Waals surface area contributed by atoms with Gasteiger partial charge in [-0.25, -0.2) is 4.98 Å². The molecule has 0 aliphatic carbocycles. The predicted molar refractivity (Wildman–Crippen MR) is 56.9 cm³/mol. The lowest BCUT2D eigenvalue weighted by atomic mass is 9.86. The van der Waals surface area contributed by atoms with Gasteiger partial charge in [0.1, 0.15) is 5.82 Å². The molecular weight excluding hydrogens is 176 g/mol. The molecule has 0 radical (unpaired) electrons. The summed E-state index contributed by atoms with van der Waals surface area (Å²) in [5, 5.41) is 0. The van der Waals surface area contributed by atoms with Gasteiger partial charge < -0.3 is 0 Å². The molecule has 0 aliphatic rings. The quantitative estimate of drug-likeness (QED) is 0.674. The van der Waals surface area contributed by atoms with Crippen molar-refractivity contribution in [1.82, 2.24) is 9.55 Å². The van der Waals surface area contributed by atoms with E-state index in [1.807, 2.05) is 0 Å². The van der Waals surface area contributed by atoms with E-state index in [2.05, 4.69) is 25.8 Å². The molecule has 1 heterocycles. The molecule has 14 heavy (non-hydrogen) atoms. The molecule has 0 N–H and O–H groups in total. The van der Waals surface area contributed by atoms with Crippen molar-refractivity contribution in [2.75, 3.05) is 0 Å². The molecule has 0 aromatic carbocycles. The lowest BCUT2D eigenvalue weighted by Crippen LogP contribution is -2.22. The van der Waals surface area contributed by atoms with Crippen LogP contribution in [0, 0.1) is 0 Å². The van der Waals surface area contributed by atoms with Gasteiger partial charge in [-0.05, 0) is 6.42 Å². The number of hydrogen-bond donors (Lipinski definition) is 0. The van der Waals surface area contributed by atoms with Crippen molar-refractivity contribution in [2.24, 2.45) is 0 Å². The van der Waals surface area contributed by atoms with Gasteiger partial charge in [0.05, 0.1) is 0 Å². The molecule has 0 bridgehead atoms. The summed E-state index contributed by atoms with van der Waals surface area (Å²) in [6.07, 6.45) is 7.60. The standard InChI is InChI=1S/C11H18N2O/c1-4-5-6-11(2,3)10-12-7-8-13(10)9-14/h7-9H,4-6H2,1-3H3. The minimum absolute atomic E-state index is 0.0135. The molecule has 0 amide bonds. The van der Waals surface area contributed by atoms with E-state index in [0.29, 0.717) is 0 Å². The summed E-state index contributed by atoms with van der Waals surface area (Å²) < 4.78 is 1.57. The maximum Gasteiger partial charge on any atom is 0.219 e. The van der Waals surface area contributed by atoms with E-state index in [9.17, 15) is 4.79 Å². The molecule has 0 aliphatic heterocycles. The third-order valence-electron chi connectivity index (χ3n) is 2.54. The summed E-state index contributed by atoms with van der Waals surface area (Å²) >= 11 is 0. The second-order valence-electron chi connectivity index (χ2n) is 4.25. The Balaban J connectivity index is 2.85. The van der Waals surface area contributed by atoms with Crippen LogP contribution in [0.25, 0.3) is 0 Å². The SMILES string of the molecule is CCCCC(C)(C)c1nccn1C=O. The van der Waals surface area contributed by atoms with Crippen molar-refractivity contribution >= 4 is 6.41 Å². The van der Waals surface area contributed by atoms with Gasteiger partial charge in [0.25, 0.3) is 0 Å². The highest BCUT2D eigenvalue weighted by molar-refractivity contribution is 5.53. The molecular formula is C11H18N2O. The molecule has 3 heteroatoms. The molecule has 0 atom stereocenters. The van der Waals surface area contributed by atoms with Crippen molar-refractivity contribution in [3.05, 3.63) is 18.2 Å². The Morgan fingerprint density at radius 1 is 1.57 bits per heavy atom. The lowest BCUT2D eigenvalue weighted by Gasteiger charge is -2.23. The average Bonchev–Trinajstić information content (AvgIpc) is 2.63.